The minimum Gasteiger partial charge on any atom is -0.445 e. The number of benzene rings is 1. The molecular weight excluding hydrogens is 490 g/mol. The van der Waals surface area contributed by atoms with Crippen molar-refractivity contribution in [1.29, 1.82) is 0 Å². The number of piperidine rings is 2. The number of hydrogen-bond donors (Lipinski definition) is 1. The van der Waals surface area contributed by atoms with Crippen molar-refractivity contribution >= 4 is 29.4 Å². The highest BCUT2D eigenvalue weighted by molar-refractivity contribution is 5.85. The highest BCUT2D eigenvalue weighted by Gasteiger charge is 2.41. The average molecular weight is 526 g/mol. The molecule has 2 amide bonds. The maximum absolute atomic E-state index is 12.8. The fraction of sp³-hybridized carbons (Fsp3) is 0.519. The molecule has 1 N–H and O–H groups in total. The van der Waals surface area contributed by atoms with Gasteiger partial charge in [0.2, 0.25) is 5.82 Å². The van der Waals surface area contributed by atoms with Gasteiger partial charge >= 0.3 is 17.9 Å². The van der Waals surface area contributed by atoms with Crippen LogP contribution >= 0.6 is 0 Å². The summed E-state index contributed by atoms with van der Waals surface area (Å²) in [6, 6.07) is 10.9. The molecule has 1 aromatic heterocycles. The van der Waals surface area contributed by atoms with Crippen LogP contribution in [0.3, 0.4) is 0 Å². The summed E-state index contributed by atoms with van der Waals surface area (Å²) < 4.78 is 10.8. The molecule has 0 radical (unpaired) electrons. The number of anilines is 2. The molecule has 1 spiro atoms. The molecule has 0 saturated carbocycles. The first kappa shape index (κ1) is 27.2. The van der Waals surface area contributed by atoms with Crippen LogP contribution in [0, 0.1) is 15.5 Å². The molecule has 2 fully saturated rings. The van der Waals surface area contributed by atoms with E-state index in [-0.39, 0.29) is 35.3 Å². The Bertz CT molecular complexity index is 1160. The lowest BCUT2D eigenvalue weighted by molar-refractivity contribution is -0.384. The van der Waals surface area contributed by atoms with Crippen molar-refractivity contribution in [2.75, 3.05) is 36.4 Å². The van der Waals surface area contributed by atoms with Crippen LogP contribution in [0.5, 0.6) is 0 Å². The summed E-state index contributed by atoms with van der Waals surface area (Å²) >= 11 is 0. The van der Waals surface area contributed by atoms with Crippen LogP contribution in [0.25, 0.3) is 0 Å². The predicted octanol–water partition coefficient (Wildman–Crippen LogP) is 5.36. The molecule has 1 aromatic carbocycles. The number of pyridine rings is 1. The van der Waals surface area contributed by atoms with Gasteiger partial charge in [0.05, 0.1) is 16.8 Å². The van der Waals surface area contributed by atoms with E-state index in [2.05, 4.69) is 10.3 Å². The Morgan fingerprint density at radius 2 is 1.84 bits per heavy atom. The van der Waals surface area contributed by atoms with Gasteiger partial charge < -0.3 is 19.3 Å². The number of hydrogen-bond acceptors (Lipinski definition) is 8. The van der Waals surface area contributed by atoms with Gasteiger partial charge in [-0.05, 0) is 57.4 Å². The molecule has 3 heterocycles. The summed E-state index contributed by atoms with van der Waals surface area (Å²) in [6.07, 6.45) is 3.85. The maximum atomic E-state index is 12.8. The third kappa shape index (κ3) is 6.90. The van der Waals surface area contributed by atoms with Crippen LogP contribution < -0.4 is 10.2 Å². The highest BCUT2D eigenvalue weighted by atomic mass is 16.6. The Kier molecular flexibility index (Phi) is 8.03. The van der Waals surface area contributed by atoms with E-state index in [0.29, 0.717) is 26.2 Å². The van der Waals surface area contributed by atoms with Crippen LogP contribution in [0.2, 0.25) is 0 Å². The molecule has 2 saturated heterocycles. The SMILES string of the molecule is CC(C)(C)OC(=O)Nc1cnc(N2CCC3(CCCN(C(=O)OCc4ccccc4)C3)CC2)c([N+](=O)[O-])c1. The van der Waals surface area contributed by atoms with E-state index >= 15 is 0 Å². The molecule has 0 bridgehead atoms. The van der Waals surface area contributed by atoms with Crippen LogP contribution in [0.1, 0.15) is 52.0 Å². The number of amides is 2. The smallest absolute Gasteiger partial charge is 0.412 e. The molecule has 11 nitrogen and oxygen atoms in total. The highest BCUT2D eigenvalue weighted by Crippen LogP contribution is 2.42. The van der Waals surface area contributed by atoms with E-state index in [4.69, 9.17) is 9.47 Å². The second kappa shape index (κ2) is 11.2. The first-order chi connectivity index (χ1) is 18.0. The number of nitrogens with zero attached hydrogens (tertiary/aromatic N) is 4. The first-order valence-corrected chi connectivity index (χ1v) is 12.9. The first-order valence-electron chi connectivity index (χ1n) is 12.9. The molecular formula is C27H35N5O6. The average Bonchev–Trinajstić information content (AvgIpc) is 2.87. The molecule has 11 heteroatoms. The Hall–Kier alpha value is -3.89. The molecule has 204 valence electrons. The van der Waals surface area contributed by atoms with Gasteiger partial charge in [0.15, 0.2) is 0 Å². The van der Waals surface area contributed by atoms with Crippen LogP contribution in [-0.4, -0.2) is 58.8 Å². The van der Waals surface area contributed by atoms with Gasteiger partial charge in [-0.25, -0.2) is 14.6 Å². The van der Waals surface area contributed by atoms with Crippen molar-refractivity contribution in [1.82, 2.24) is 9.88 Å². The van der Waals surface area contributed by atoms with Gasteiger partial charge in [-0.2, -0.15) is 0 Å². The van der Waals surface area contributed by atoms with Gasteiger partial charge in [-0.3, -0.25) is 15.4 Å². The number of rotatable bonds is 5. The maximum Gasteiger partial charge on any atom is 0.412 e. The van der Waals surface area contributed by atoms with E-state index in [1.807, 2.05) is 35.2 Å². The number of ether oxygens (including phenoxy) is 2. The summed E-state index contributed by atoms with van der Waals surface area (Å²) in [5.74, 6) is 0.273. The normalized spacial score (nSPS) is 17.1. The molecule has 0 atom stereocenters. The van der Waals surface area contributed by atoms with Crippen molar-refractivity contribution in [2.45, 2.75) is 58.7 Å². The number of nitro groups is 1. The summed E-state index contributed by atoms with van der Waals surface area (Å²) in [4.78, 5) is 44.2. The predicted molar refractivity (Wildman–Crippen MR) is 142 cm³/mol. The fourth-order valence-electron chi connectivity index (χ4n) is 5.09. The third-order valence-electron chi connectivity index (χ3n) is 6.94. The summed E-state index contributed by atoms with van der Waals surface area (Å²) in [6.45, 7) is 7.89. The van der Waals surface area contributed by atoms with Gasteiger partial charge in [0.1, 0.15) is 12.2 Å². The minimum absolute atomic E-state index is 0.0481. The van der Waals surface area contributed by atoms with Crippen molar-refractivity contribution in [3.05, 3.63) is 58.3 Å². The van der Waals surface area contributed by atoms with Crippen molar-refractivity contribution in [3.63, 3.8) is 0 Å². The lowest BCUT2D eigenvalue weighted by Crippen LogP contribution is -2.51. The Morgan fingerprint density at radius 1 is 1.13 bits per heavy atom. The molecule has 2 aliphatic heterocycles. The Labute approximate surface area is 222 Å². The summed E-state index contributed by atoms with van der Waals surface area (Å²) in [5, 5.41) is 14.4. The summed E-state index contributed by atoms with van der Waals surface area (Å²) in [5.41, 5.74) is 0.222. The number of carbonyl (C=O) groups is 2. The number of carbonyl (C=O) groups excluding carboxylic acids is 2. The zero-order valence-electron chi connectivity index (χ0n) is 22.1. The number of aromatic nitrogens is 1. The van der Waals surface area contributed by atoms with E-state index in [9.17, 15) is 19.7 Å². The minimum atomic E-state index is -0.703. The largest absolute Gasteiger partial charge is 0.445 e. The topological polar surface area (TPSA) is 127 Å². The monoisotopic (exact) mass is 525 g/mol. The molecule has 2 aliphatic rings. The molecule has 0 aliphatic carbocycles. The fourth-order valence-corrected chi connectivity index (χ4v) is 5.09. The van der Waals surface area contributed by atoms with Crippen LogP contribution in [0.15, 0.2) is 42.6 Å². The number of likely N-dealkylation sites (tertiary alicyclic amines) is 1. The van der Waals surface area contributed by atoms with E-state index in [0.717, 1.165) is 31.2 Å². The third-order valence-corrected chi connectivity index (χ3v) is 6.94. The second-order valence-electron chi connectivity index (χ2n) is 11.0. The van der Waals surface area contributed by atoms with Crippen molar-refractivity contribution in [2.24, 2.45) is 5.41 Å². The Balaban J connectivity index is 1.37. The van der Waals surface area contributed by atoms with E-state index in [1.165, 1.54) is 12.3 Å². The molecule has 38 heavy (non-hydrogen) atoms. The molecule has 2 aromatic rings. The lowest BCUT2D eigenvalue weighted by atomic mass is 9.72. The molecule has 0 unspecified atom stereocenters. The zero-order chi connectivity index (χ0) is 27.3. The van der Waals surface area contributed by atoms with Crippen molar-refractivity contribution < 1.29 is 24.0 Å². The Morgan fingerprint density at radius 3 is 2.50 bits per heavy atom. The quantitative estimate of drug-likeness (QED) is 0.408. The van der Waals surface area contributed by atoms with Gasteiger partial charge in [0, 0.05) is 32.2 Å². The van der Waals surface area contributed by atoms with Gasteiger partial charge in [-0.1, -0.05) is 30.3 Å². The van der Waals surface area contributed by atoms with Crippen molar-refractivity contribution in [3.8, 4) is 0 Å². The van der Waals surface area contributed by atoms with Gasteiger partial charge in [0.25, 0.3) is 0 Å². The van der Waals surface area contributed by atoms with Crippen LogP contribution in [0.4, 0.5) is 26.8 Å². The zero-order valence-corrected chi connectivity index (χ0v) is 22.1. The van der Waals surface area contributed by atoms with Crippen LogP contribution in [-0.2, 0) is 16.1 Å². The number of nitrogens with one attached hydrogen (secondary N) is 1. The molecule has 4 rings (SSSR count). The lowest BCUT2D eigenvalue weighted by Gasteiger charge is -2.47. The van der Waals surface area contributed by atoms with E-state index < -0.39 is 16.6 Å². The summed E-state index contributed by atoms with van der Waals surface area (Å²) in [7, 11) is 0. The van der Waals surface area contributed by atoms with Gasteiger partial charge in [-0.15, -0.1) is 0 Å². The van der Waals surface area contributed by atoms with E-state index in [1.54, 1.807) is 25.7 Å². The standard InChI is InChI=1S/C27H35N5O6/c1-26(2,3)38-24(33)29-21-16-22(32(35)36)23(28-17-21)30-14-11-27(12-15-30)10-7-13-31(19-27)25(34)37-18-20-8-5-4-6-9-20/h4-6,8-9,16-17H,7,10-15,18-19H2,1-3H3,(H,29,33). The second-order valence-corrected chi connectivity index (χ2v) is 11.0.